The van der Waals surface area contributed by atoms with Crippen molar-refractivity contribution in [3.05, 3.63) is 74.1 Å². The molecule has 0 bridgehead atoms. The lowest BCUT2D eigenvalue weighted by Crippen LogP contribution is -2.42. The minimum Gasteiger partial charge on any atom is -0.497 e. The van der Waals surface area contributed by atoms with Crippen molar-refractivity contribution in [1.82, 2.24) is 10.2 Å². The quantitative estimate of drug-likeness (QED) is 0.680. The number of benzene rings is 1. The van der Waals surface area contributed by atoms with Crippen molar-refractivity contribution in [3.8, 4) is 5.75 Å². The molecule has 1 aliphatic rings. The molecule has 0 aliphatic carbocycles. The van der Waals surface area contributed by atoms with Crippen LogP contribution in [0.2, 0.25) is 0 Å². The Morgan fingerprint density at radius 3 is 2.78 bits per heavy atom. The van der Waals surface area contributed by atoms with Crippen LogP contribution in [0.5, 0.6) is 5.75 Å². The molecule has 140 valence electrons. The summed E-state index contributed by atoms with van der Waals surface area (Å²) in [6.07, 6.45) is 1.01. The van der Waals surface area contributed by atoms with E-state index in [0.29, 0.717) is 13.1 Å². The minimum atomic E-state index is 0.0612. The highest BCUT2D eigenvalue weighted by Gasteiger charge is 2.31. The highest BCUT2D eigenvalue weighted by Crippen LogP contribution is 2.39. The van der Waals surface area contributed by atoms with Gasteiger partial charge in [0.2, 0.25) is 5.91 Å². The normalized spacial score (nSPS) is 16.7. The summed E-state index contributed by atoms with van der Waals surface area (Å²) in [5, 5.41) is 7.33. The van der Waals surface area contributed by atoms with Crippen LogP contribution in [0.25, 0.3) is 0 Å². The minimum absolute atomic E-state index is 0.0612. The molecule has 2 aromatic heterocycles. The van der Waals surface area contributed by atoms with Crippen molar-refractivity contribution in [3.63, 3.8) is 0 Å². The van der Waals surface area contributed by atoms with Gasteiger partial charge in [0.15, 0.2) is 0 Å². The van der Waals surface area contributed by atoms with Crippen LogP contribution in [0.3, 0.4) is 0 Å². The average Bonchev–Trinajstić information content (AvgIpc) is 3.38. The molecule has 1 atom stereocenters. The number of nitrogens with zero attached hydrogens (tertiary/aromatic N) is 1. The number of ether oxygens (including phenoxy) is 1. The average molecular weight is 399 g/mol. The molecule has 3 heterocycles. The maximum absolute atomic E-state index is 12.6. The smallest absolute Gasteiger partial charge is 0.234 e. The van der Waals surface area contributed by atoms with Crippen LogP contribution in [0, 0.1) is 0 Å². The highest BCUT2D eigenvalue weighted by molar-refractivity contribution is 7.10. The summed E-state index contributed by atoms with van der Waals surface area (Å²) in [7, 11) is 1.65. The zero-order chi connectivity index (χ0) is 18.6. The van der Waals surface area contributed by atoms with Gasteiger partial charge < -0.3 is 10.1 Å². The molecule has 4 rings (SSSR count). The fourth-order valence-electron chi connectivity index (χ4n) is 3.50. The number of nitrogens with one attached hydrogen (secondary N) is 1. The number of hydrogen-bond acceptors (Lipinski definition) is 5. The maximum Gasteiger partial charge on any atom is 0.234 e. The van der Waals surface area contributed by atoms with Gasteiger partial charge in [-0.05, 0) is 52.6 Å². The molecule has 1 amide bonds. The first-order valence-electron chi connectivity index (χ1n) is 8.98. The molecule has 27 heavy (non-hydrogen) atoms. The molecule has 0 fully saturated rings. The van der Waals surface area contributed by atoms with E-state index in [0.717, 1.165) is 24.3 Å². The fourth-order valence-corrected chi connectivity index (χ4v) is 5.28. The van der Waals surface area contributed by atoms with Crippen molar-refractivity contribution < 1.29 is 9.53 Å². The zero-order valence-corrected chi connectivity index (χ0v) is 16.8. The Bertz CT molecular complexity index is 887. The molecule has 1 unspecified atom stereocenters. The number of carbonyl (C=O) groups is 1. The van der Waals surface area contributed by atoms with E-state index in [1.54, 1.807) is 18.4 Å². The lowest BCUT2D eigenvalue weighted by atomic mass is 9.98. The lowest BCUT2D eigenvalue weighted by Gasteiger charge is -2.34. The molecule has 3 aromatic rings. The first kappa shape index (κ1) is 18.2. The van der Waals surface area contributed by atoms with Crippen LogP contribution in [0.1, 0.15) is 26.9 Å². The van der Waals surface area contributed by atoms with Crippen molar-refractivity contribution in [2.24, 2.45) is 0 Å². The first-order valence-corrected chi connectivity index (χ1v) is 10.7. The van der Waals surface area contributed by atoms with E-state index >= 15 is 0 Å². The SMILES string of the molecule is COc1ccc(CNC(=O)CN2CCc3sccc3C2c2cccs2)cc1. The lowest BCUT2D eigenvalue weighted by molar-refractivity contribution is -0.122. The Morgan fingerprint density at radius 1 is 1.19 bits per heavy atom. The van der Waals surface area contributed by atoms with Crippen molar-refractivity contribution in [2.75, 3.05) is 20.2 Å². The number of fused-ring (bicyclic) bond motifs is 1. The maximum atomic E-state index is 12.6. The van der Waals surface area contributed by atoms with Gasteiger partial charge in [-0.1, -0.05) is 18.2 Å². The van der Waals surface area contributed by atoms with Crippen LogP contribution >= 0.6 is 22.7 Å². The standard InChI is InChI=1S/C21H22N2O2S2/c1-25-16-6-4-15(5-7-16)13-22-20(24)14-23-10-8-18-17(9-12-27-18)21(23)19-3-2-11-26-19/h2-7,9,11-12,21H,8,10,13-14H2,1H3,(H,22,24). The van der Waals surface area contributed by atoms with E-state index in [-0.39, 0.29) is 11.9 Å². The molecule has 1 aromatic carbocycles. The molecule has 0 radical (unpaired) electrons. The largest absolute Gasteiger partial charge is 0.497 e. The van der Waals surface area contributed by atoms with Crippen molar-refractivity contribution >= 4 is 28.6 Å². The Morgan fingerprint density at radius 2 is 2.04 bits per heavy atom. The zero-order valence-electron chi connectivity index (χ0n) is 15.2. The van der Waals surface area contributed by atoms with Crippen LogP contribution in [-0.2, 0) is 17.8 Å². The third-order valence-corrected chi connectivity index (χ3v) is 6.80. The van der Waals surface area contributed by atoms with E-state index in [2.05, 4.69) is 39.2 Å². The van der Waals surface area contributed by atoms with E-state index < -0.39 is 0 Å². The molecular formula is C21H22N2O2S2. The third kappa shape index (κ3) is 4.08. The summed E-state index contributed by atoms with van der Waals surface area (Å²) in [4.78, 5) is 17.6. The van der Waals surface area contributed by atoms with Gasteiger partial charge in [-0.2, -0.15) is 0 Å². The fraction of sp³-hybridized carbons (Fsp3) is 0.286. The molecule has 0 saturated heterocycles. The second-order valence-corrected chi connectivity index (χ2v) is 8.54. The van der Waals surface area contributed by atoms with E-state index in [9.17, 15) is 4.79 Å². The number of rotatable bonds is 6. The molecule has 0 saturated carbocycles. The van der Waals surface area contributed by atoms with Crippen LogP contribution in [-0.4, -0.2) is 31.0 Å². The predicted molar refractivity (Wildman–Crippen MR) is 111 cm³/mol. The molecule has 1 aliphatic heterocycles. The van der Waals surface area contributed by atoms with Crippen molar-refractivity contribution in [2.45, 2.75) is 19.0 Å². The molecule has 4 nitrogen and oxygen atoms in total. The van der Waals surface area contributed by atoms with E-state index in [1.807, 2.05) is 35.6 Å². The number of hydrogen-bond donors (Lipinski definition) is 1. The molecule has 6 heteroatoms. The number of methoxy groups -OCH3 is 1. The Balaban J connectivity index is 1.42. The molecule has 1 N–H and O–H groups in total. The Kier molecular flexibility index (Phi) is 5.57. The van der Waals surface area contributed by atoms with Crippen LogP contribution in [0.15, 0.2) is 53.2 Å². The van der Waals surface area contributed by atoms with Gasteiger partial charge in [-0.25, -0.2) is 0 Å². The number of thiophene rings is 2. The summed E-state index contributed by atoms with van der Waals surface area (Å²) in [5.74, 6) is 0.884. The van der Waals surface area contributed by atoms with Gasteiger partial charge >= 0.3 is 0 Å². The van der Waals surface area contributed by atoms with Gasteiger partial charge in [0.25, 0.3) is 0 Å². The van der Waals surface area contributed by atoms with E-state index in [4.69, 9.17) is 4.74 Å². The van der Waals surface area contributed by atoms with Gasteiger partial charge in [0.1, 0.15) is 5.75 Å². The van der Waals surface area contributed by atoms with Crippen LogP contribution < -0.4 is 10.1 Å². The second-order valence-electron chi connectivity index (χ2n) is 6.56. The van der Waals surface area contributed by atoms with Crippen molar-refractivity contribution in [1.29, 1.82) is 0 Å². The van der Waals surface area contributed by atoms with Gasteiger partial charge in [-0.3, -0.25) is 9.69 Å². The number of carbonyl (C=O) groups excluding carboxylic acids is 1. The summed E-state index contributed by atoms with van der Waals surface area (Å²) >= 11 is 3.59. The third-order valence-electron chi connectivity index (χ3n) is 4.87. The first-order chi connectivity index (χ1) is 13.2. The summed E-state index contributed by atoms with van der Waals surface area (Å²) in [6, 6.07) is 14.4. The highest BCUT2D eigenvalue weighted by atomic mass is 32.1. The van der Waals surface area contributed by atoms with Gasteiger partial charge in [0.05, 0.1) is 19.7 Å². The topological polar surface area (TPSA) is 41.6 Å². The van der Waals surface area contributed by atoms with E-state index in [1.165, 1.54) is 15.3 Å². The summed E-state index contributed by atoms with van der Waals surface area (Å²) < 4.78 is 5.17. The monoisotopic (exact) mass is 398 g/mol. The summed E-state index contributed by atoms with van der Waals surface area (Å²) in [5.41, 5.74) is 2.43. The number of amides is 1. The predicted octanol–water partition coefficient (Wildman–Crippen LogP) is 4.08. The molecule has 0 spiro atoms. The van der Waals surface area contributed by atoms with Gasteiger partial charge in [0, 0.05) is 22.8 Å². The Hall–Kier alpha value is -2.15. The summed E-state index contributed by atoms with van der Waals surface area (Å²) in [6.45, 7) is 1.85. The Labute approximate surface area is 167 Å². The molecular weight excluding hydrogens is 376 g/mol. The van der Waals surface area contributed by atoms with Gasteiger partial charge in [-0.15, -0.1) is 22.7 Å². The van der Waals surface area contributed by atoms with Crippen LogP contribution in [0.4, 0.5) is 0 Å². The second kappa shape index (κ2) is 8.25.